The molecule has 2 heterocycles. The van der Waals surface area contributed by atoms with E-state index in [1.165, 1.54) is 22.9 Å². The second kappa shape index (κ2) is 7.59. The zero-order valence-corrected chi connectivity index (χ0v) is 16.9. The first-order chi connectivity index (χ1) is 13.5. The number of H-pyrrole nitrogens is 1. The fourth-order valence-corrected chi connectivity index (χ4v) is 3.68. The second-order valence-corrected chi connectivity index (χ2v) is 7.94. The predicted octanol–water partition coefficient (Wildman–Crippen LogP) is 6.64. The normalized spacial score (nSPS) is 11.7. The molecule has 4 aromatic rings. The summed E-state index contributed by atoms with van der Waals surface area (Å²) < 4.78 is 5.84. The van der Waals surface area contributed by atoms with Crippen LogP contribution in [0.25, 0.3) is 22.7 Å². The van der Waals surface area contributed by atoms with Crippen molar-refractivity contribution in [1.29, 1.82) is 5.26 Å². The highest BCUT2D eigenvalue weighted by Gasteiger charge is 2.11. The number of allylic oxidation sites excluding steroid dienone is 1. The number of hydrogen-bond acceptors (Lipinski definition) is 4. The molecule has 0 unspecified atom stereocenters. The highest BCUT2D eigenvalue weighted by atomic mass is 35.5. The van der Waals surface area contributed by atoms with Gasteiger partial charge in [-0.2, -0.15) is 5.26 Å². The Morgan fingerprint density at radius 3 is 2.64 bits per heavy atom. The summed E-state index contributed by atoms with van der Waals surface area (Å²) in [5.41, 5.74) is 4.53. The molecule has 0 bridgehead atoms. The van der Waals surface area contributed by atoms with E-state index in [2.05, 4.69) is 23.0 Å². The molecule has 0 fully saturated rings. The molecule has 2 aromatic carbocycles. The number of rotatable bonds is 4. The zero-order valence-electron chi connectivity index (χ0n) is 15.3. The van der Waals surface area contributed by atoms with Crippen molar-refractivity contribution < 1.29 is 4.42 Å². The third-order valence-electron chi connectivity index (χ3n) is 4.39. The summed E-state index contributed by atoms with van der Waals surface area (Å²) in [5.74, 6) is 1.13. The van der Waals surface area contributed by atoms with Gasteiger partial charge in [0.25, 0.3) is 0 Å². The number of halogens is 1. The van der Waals surface area contributed by atoms with E-state index in [1.807, 2.05) is 55.5 Å². The van der Waals surface area contributed by atoms with Crippen LogP contribution < -0.4 is 0 Å². The van der Waals surface area contributed by atoms with Gasteiger partial charge in [0.2, 0.25) is 0 Å². The van der Waals surface area contributed by atoms with Gasteiger partial charge in [-0.1, -0.05) is 23.4 Å². The van der Waals surface area contributed by atoms with Crippen molar-refractivity contribution in [2.24, 2.45) is 0 Å². The number of nitriles is 1. The number of aromatic amines is 1. The minimum Gasteiger partial charge on any atom is -0.450 e. The summed E-state index contributed by atoms with van der Waals surface area (Å²) >= 11 is 7.41. The van der Waals surface area contributed by atoms with Crippen molar-refractivity contribution in [3.63, 3.8) is 0 Å². The number of fused-ring (bicyclic) bond motifs is 1. The van der Waals surface area contributed by atoms with Gasteiger partial charge in [0.05, 0.1) is 16.6 Å². The van der Waals surface area contributed by atoms with Crippen molar-refractivity contribution in [3.8, 4) is 6.07 Å². The van der Waals surface area contributed by atoms with Crippen LogP contribution >= 0.6 is 23.4 Å². The van der Waals surface area contributed by atoms with Crippen molar-refractivity contribution in [2.75, 3.05) is 0 Å². The number of aryl methyl sites for hydroxylation is 2. The molecule has 0 aliphatic heterocycles. The number of benzene rings is 2. The van der Waals surface area contributed by atoms with Crippen molar-refractivity contribution in [1.82, 2.24) is 9.97 Å². The lowest BCUT2D eigenvalue weighted by molar-refractivity contribution is 0.466. The Morgan fingerprint density at radius 2 is 1.89 bits per heavy atom. The first kappa shape index (κ1) is 18.4. The first-order valence-corrected chi connectivity index (χ1v) is 9.83. The van der Waals surface area contributed by atoms with Gasteiger partial charge in [0.1, 0.15) is 17.7 Å². The number of imidazole rings is 1. The van der Waals surface area contributed by atoms with Crippen molar-refractivity contribution in [3.05, 3.63) is 76.3 Å². The summed E-state index contributed by atoms with van der Waals surface area (Å²) in [6.45, 7) is 4.10. The molecule has 0 spiro atoms. The highest BCUT2D eigenvalue weighted by molar-refractivity contribution is 7.99. The van der Waals surface area contributed by atoms with Crippen LogP contribution in [0.15, 0.2) is 62.9 Å². The maximum Gasteiger partial charge on any atom is 0.165 e. The number of hydrogen-bond donors (Lipinski definition) is 1. The van der Waals surface area contributed by atoms with Gasteiger partial charge in [-0.25, -0.2) is 4.98 Å². The van der Waals surface area contributed by atoms with E-state index in [4.69, 9.17) is 16.0 Å². The van der Waals surface area contributed by atoms with Crippen molar-refractivity contribution >= 4 is 46.0 Å². The molecular formula is C22H16ClN3OS. The SMILES string of the molecule is Cc1cc2nc(/C(C#N)=C\c3ccc(Sc4ccc(Cl)cc4)o3)[nH]c2cc1C. The van der Waals surface area contributed by atoms with E-state index in [0.29, 0.717) is 22.2 Å². The number of nitrogens with zero attached hydrogens (tertiary/aromatic N) is 2. The molecule has 4 rings (SSSR count). The Hall–Kier alpha value is -2.94. The van der Waals surface area contributed by atoms with Gasteiger partial charge in [-0.15, -0.1) is 0 Å². The fraction of sp³-hybridized carbons (Fsp3) is 0.0909. The molecule has 28 heavy (non-hydrogen) atoms. The summed E-state index contributed by atoms with van der Waals surface area (Å²) in [6.07, 6.45) is 1.70. The third kappa shape index (κ3) is 3.84. The molecule has 4 nitrogen and oxygen atoms in total. The molecule has 0 atom stereocenters. The molecule has 0 aliphatic rings. The van der Waals surface area contributed by atoms with Crippen LogP contribution in [0.2, 0.25) is 5.02 Å². The summed E-state index contributed by atoms with van der Waals surface area (Å²) in [6, 6.07) is 17.5. The van der Waals surface area contributed by atoms with Gasteiger partial charge < -0.3 is 9.40 Å². The molecule has 0 amide bonds. The van der Waals surface area contributed by atoms with Gasteiger partial charge in [0, 0.05) is 16.0 Å². The van der Waals surface area contributed by atoms with Crippen LogP contribution in [0, 0.1) is 25.2 Å². The van der Waals surface area contributed by atoms with E-state index in [-0.39, 0.29) is 0 Å². The van der Waals surface area contributed by atoms with Crippen LogP contribution in [0.3, 0.4) is 0 Å². The Kier molecular flexibility index (Phi) is 4.99. The third-order valence-corrected chi connectivity index (χ3v) is 5.57. The van der Waals surface area contributed by atoms with E-state index < -0.39 is 0 Å². The van der Waals surface area contributed by atoms with E-state index >= 15 is 0 Å². The van der Waals surface area contributed by atoms with E-state index in [1.54, 1.807) is 6.08 Å². The Bertz CT molecular complexity index is 1190. The Balaban J connectivity index is 1.61. The van der Waals surface area contributed by atoms with E-state index in [9.17, 15) is 5.26 Å². The Labute approximate surface area is 171 Å². The summed E-state index contributed by atoms with van der Waals surface area (Å²) in [7, 11) is 0. The minimum absolute atomic E-state index is 0.420. The molecule has 0 radical (unpaired) electrons. The van der Waals surface area contributed by atoms with Gasteiger partial charge >= 0.3 is 0 Å². The minimum atomic E-state index is 0.420. The fourth-order valence-electron chi connectivity index (χ4n) is 2.78. The molecule has 0 saturated heterocycles. The number of aromatic nitrogens is 2. The van der Waals surface area contributed by atoms with Crippen molar-refractivity contribution in [2.45, 2.75) is 23.8 Å². The van der Waals surface area contributed by atoms with Crippen LogP contribution in [0.4, 0.5) is 0 Å². The van der Waals surface area contributed by atoms with Gasteiger partial charge in [0.15, 0.2) is 5.09 Å². The molecule has 0 saturated carbocycles. The van der Waals surface area contributed by atoms with Gasteiger partial charge in [-0.3, -0.25) is 0 Å². The van der Waals surface area contributed by atoms with Crippen LogP contribution in [0.1, 0.15) is 22.7 Å². The number of furan rings is 1. The maximum absolute atomic E-state index is 9.61. The monoisotopic (exact) mass is 405 g/mol. The summed E-state index contributed by atoms with van der Waals surface area (Å²) in [5, 5.41) is 11.0. The predicted molar refractivity (Wildman–Crippen MR) is 113 cm³/mol. The van der Waals surface area contributed by atoms with Crippen LogP contribution in [-0.2, 0) is 0 Å². The standard InChI is InChI=1S/C22H16ClN3OS/c1-13-9-19-20(10-14(13)2)26-22(25-19)15(12-24)11-17-5-8-21(27-17)28-18-6-3-16(23)4-7-18/h3-11H,1-2H3,(H,25,26)/b15-11-. The topological polar surface area (TPSA) is 65.6 Å². The van der Waals surface area contributed by atoms with Gasteiger partial charge in [-0.05, 0) is 73.5 Å². The summed E-state index contributed by atoms with van der Waals surface area (Å²) in [4.78, 5) is 8.81. The van der Waals surface area contributed by atoms with E-state index in [0.717, 1.165) is 21.0 Å². The average molecular weight is 406 g/mol. The Morgan fingerprint density at radius 1 is 1.14 bits per heavy atom. The first-order valence-electron chi connectivity index (χ1n) is 8.64. The molecule has 0 aliphatic carbocycles. The lowest BCUT2D eigenvalue weighted by atomic mass is 10.1. The molecule has 2 aromatic heterocycles. The smallest absolute Gasteiger partial charge is 0.165 e. The van der Waals surface area contributed by atoms with Crippen LogP contribution in [0.5, 0.6) is 0 Å². The average Bonchev–Trinajstić information content (AvgIpc) is 3.28. The molecule has 138 valence electrons. The number of nitrogens with one attached hydrogen (secondary N) is 1. The lowest BCUT2D eigenvalue weighted by Crippen LogP contribution is -1.84. The quantitative estimate of drug-likeness (QED) is 0.386. The second-order valence-electron chi connectivity index (χ2n) is 6.42. The zero-order chi connectivity index (χ0) is 19.7. The molecule has 1 N–H and O–H groups in total. The maximum atomic E-state index is 9.61. The highest BCUT2D eigenvalue weighted by Crippen LogP contribution is 2.31. The molecule has 6 heteroatoms. The van der Waals surface area contributed by atoms with Crippen LogP contribution in [-0.4, -0.2) is 9.97 Å². The lowest BCUT2D eigenvalue weighted by Gasteiger charge is -1.97. The molecular weight excluding hydrogens is 390 g/mol. The largest absolute Gasteiger partial charge is 0.450 e.